The van der Waals surface area contributed by atoms with Crippen molar-refractivity contribution in [1.82, 2.24) is 0 Å². The van der Waals surface area contributed by atoms with E-state index in [1.54, 1.807) is 0 Å². The SMILES string of the molecule is CC/C=C\C/C=C\C/C=C\C/C=C\C/C=C\C/C=C\C/C=C\C/C=C\C/C=C\C/C=C\CCCCCCC(=O)OC(COC(=O)CCCCCCCCCCCCCCCCCCCCCCCCC/C=C\C/C=C\C/C=C\C/C=C\C/C=C\CC)COP(=O)(O)OCC[N+](C)(C)C. The predicted molar refractivity (Wildman–Crippen MR) is 426 cm³/mol. The molecule has 0 heterocycles. The van der Waals surface area contributed by atoms with Crippen molar-refractivity contribution < 1.29 is 42.1 Å². The Morgan fingerprint density at radius 1 is 0.316 bits per heavy atom. The summed E-state index contributed by atoms with van der Waals surface area (Å²) in [4.78, 5) is 36.0. The molecule has 556 valence electrons. The molecule has 0 aromatic heterocycles. The lowest BCUT2D eigenvalue weighted by molar-refractivity contribution is -0.870. The smallest absolute Gasteiger partial charge is 0.462 e. The molecule has 0 fully saturated rings. The molecule has 0 aromatic carbocycles. The standard InChI is InChI=1S/C88H146NO8P/c1-6-8-10-12-14-16-18-20-22-24-26-28-30-32-34-36-38-40-42-43-44-45-47-48-50-52-54-56-58-60-62-64-66-68-70-72-74-76-78-80-87(90)94-84-86(85-96-98(92,93)95-83-82-89(3,4)5)97-88(91)81-79-77-75-73-71-69-67-65-63-61-59-57-55-53-51-49-46-41-39-37-35-33-31-29-27-25-23-21-19-17-15-13-11-9-7-2/h8-11,14-17,20-23,26-29,32-35,39,41,49,51,55,57,61,63,67,69,86H,6-7,12-13,18-19,24-25,30-31,36-38,40,42-48,50,52-54,56,58-60,62,64-66,68,70-85H2,1-5H3/p+1/b10-8-,11-9-,16-14-,17-15-,22-20-,23-21-,28-26-,29-27-,34-32-,35-33-,41-39-,51-49-,57-55-,63-61-,69-67-. The summed E-state index contributed by atoms with van der Waals surface area (Å²) in [5.74, 6) is -0.828. The van der Waals surface area contributed by atoms with E-state index < -0.39 is 26.5 Å². The fraction of sp³-hybridized carbons (Fsp3) is 0.636. The largest absolute Gasteiger partial charge is 0.472 e. The molecular weight excluding hydrogens is 1230 g/mol. The molecule has 0 radical (unpaired) electrons. The van der Waals surface area contributed by atoms with Crippen molar-refractivity contribution in [3.63, 3.8) is 0 Å². The number of esters is 2. The highest BCUT2D eigenvalue weighted by Crippen LogP contribution is 2.43. The van der Waals surface area contributed by atoms with Crippen molar-refractivity contribution in [3.8, 4) is 0 Å². The van der Waals surface area contributed by atoms with Crippen LogP contribution in [0.2, 0.25) is 0 Å². The molecule has 98 heavy (non-hydrogen) atoms. The minimum atomic E-state index is -4.41. The van der Waals surface area contributed by atoms with Gasteiger partial charge in [-0.1, -0.05) is 344 Å². The van der Waals surface area contributed by atoms with Gasteiger partial charge in [0.05, 0.1) is 27.7 Å². The second-order valence-electron chi connectivity index (χ2n) is 27.0. The zero-order valence-corrected chi connectivity index (χ0v) is 64.3. The van der Waals surface area contributed by atoms with E-state index in [0.29, 0.717) is 17.4 Å². The average Bonchev–Trinajstić information content (AvgIpc) is 1.08. The molecule has 0 amide bonds. The van der Waals surface area contributed by atoms with E-state index in [1.165, 1.54) is 135 Å². The molecule has 0 spiro atoms. The molecule has 0 aliphatic rings. The topological polar surface area (TPSA) is 108 Å². The van der Waals surface area contributed by atoms with Gasteiger partial charge in [0.25, 0.3) is 0 Å². The van der Waals surface area contributed by atoms with Crippen LogP contribution < -0.4 is 0 Å². The molecule has 0 saturated carbocycles. The fourth-order valence-corrected chi connectivity index (χ4v) is 11.2. The lowest BCUT2D eigenvalue weighted by atomic mass is 10.0. The summed E-state index contributed by atoms with van der Waals surface area (Å²) in [6, 6.07) is 0. The number of hydrogen-bond acceptors (Lipinski definition) is 7. The van der Waals surface area contributed by atoms with Crippen molar-refractivity contribution in [1.29, 1.82) is 0 Å². The van der Waals surface area contributed by atoms with Crippen LogP contribution in [0.5, 0.6) is 0 Å². The second-order valence-corrected chi connectivity index (χ2v) is 28.4. The Labute approximate surface area is 603 Å². The predicted octanol–water partition coefficient (Wildman–Crippen LogP) is 26.6. The van der Waals surface area contributed by atoms with Crippen molar-refractivity contribution in [2.45, 2.75) is 315 Å². The third-order valence-corrected chi connectivity index (χ3v) is 17.4. The van der Waals surface area contributed by atoms with Crippen LogP contribution in [0.4, 0.5) is 0 Å². The van der Waals surface area contributed by atoms with E-state index in [0.717, 1.165) is 141 Å². The molecule has 2 atom stereocenters. The van der Waals surface area contributed by atoms with Gasteiger partial charge in [0.15, 0.2) is 6.10 Å². The highest BCUT2D eigenvalue weighted by Gasteiger charge is 2.27. The maximum absolute atomic E-state index is 12.9. The third-order valence-electron chi connectivity index (χ3n) is 16.4. The van der Waals surface area contributed by atoms with Gasteiger partial charge in [-0.15, -0.1) is 0 Å². The van der Waals surface area contributed by atoms with Crippen LogP contribution in [0.25, 0.3) is 0 Å². The Balaban J connectivity index is 4.06. The third kappa shape index (κ3) is 80.1. The molecular formula is C88H147NO8P+. The number of nitrogens with zero attached hydrogens (tertiary/aromatic N) is 1. The van der Waals surface area contributed by atoms with Crippen molar-refractivity contribution in [3.05, 3.63) is 182 Å². The molecule has 0 aromatic rings. The van der Waals surface area contributed by atoms with Crippen LogP contribution >= 0.6 is 7.82 Å². The summed E-state index contributed by atoms with van der Waals surface area (Å²) >= 11 is 0. The van der Waals surface area contributed by atoms with Crippen LogP contribution in [-0.2, 0) is 32.7 Å². The van der Waals surface area contributed by atoms with E-state index in [1.807, 2.05) is 21.1 Å². The number of quaternary nitrogens is 1. The zero-order chi connectivity index (χ0) is 71.1. The van der Waals surface area contributed by atoms with Gasteiger partial charge in [0.2, 0.25) is 0 Å². The summed E-state index contributed by atoms with van der Waals surface area (Å²) in [6.45, 7) is 4.18. The fourth-order valence-electron chi connectivity index (χ4n) is 10.5. The highest BCUT2D eigenvalue weighted by molar-refractivity contribution is 7.47. The highest BCUT2D eigenvalue weighted by atomic mass is 31.2. The Morgan fingerprint density at radius 3 is 0.816 bits per heavy atom. The van der Waals surface area contributed by atoms with Crippen LogP contribution in [-0.4, -0.2) is 74.9 Å². The van der Waals surface area contributed by atoms with Crippen molar-refractivity contribution in [2.75, 3.05) is 47.5 Å². The summed E-state index contributed by atoms with van der Waals surface area (Å²) in [5, 5.41) is 0. The number of likely N-dealkylation sites (N-methyl/N-ethyl adjacent to an activating group) is 1. The van der Waals surface area contributed by atoms with Crippen LogP contribution in [0, 0.1) is 0 Å². The Bertz CT molecular complexity index is 2320. The van der Waals surface area contributed by atoms with E-state index >= 15 is 0 Å². The maximum Gasteiger partial charge on any atom is 0.472 e. The molecule has 0 rings (SSSR count). The number of carbonyl (C=O) groups excluding carboxylic acids is 2. The first kappa shape index (κ1) is 93.1. The van der Waals surface area contributed by atoms with Gasteiger partial charge in [-0.05, 0) is 135 Å². The Hall–Kier alpha value is -4.89. The lowest BCUT2D eigenvalue weighted by Gasteiger charge is -2.24. The summed E-state index contributed by atoms with van der Waals surface area (Å²) in [6.07, 6.45) is 117. The van der Waals surface area contributed by atoms with E-state index in [9.17, 15) is 19.0 Å². The summed E-state index contributed by atoms with van der Waals surface area (Å²) in [7, 11) is 1.45. The first-order chi connectivity index (χ1) is 48.0. The quantitative estimate of drug-likeness (QED) is 0.0211. The Morgan fingerprint density at radius 2 is 0.551 bits per heavy atom. The number of phosphoric acid groups is 1. The second kappa shape index (κ2) is 76.3. The number of allylic oxidation sites excluding steroid dienone is 30. The van der Waals surface area contributed by atoms with Crippen LogP contribution in [0.3, 0.4) is 0 Å². The van der Waals surface area contributed by atoms with E-state index in [4.69, 9.17) is 18.5 Å². The Kier molecular flexibility index (Phi) is 72.5. The lowest BCUT2D eigenvalue weighted by Crippen LogP contribution is -2.37. The van der Waals surface area contributed by atoms with Gasteiger partial charge in [-0.3, -0.25) is 18.6 Å². The normalized spacial score (nSPS) is 14.1. The first-order valence-electron chi connectivity index (χ1n) is 39.5. The zero-order valence-electron chi connectivity index (χ0n) is 63.5. The molecule has 10 heteroatoms. The summed E-state index contributed by atoms with van der Waals surface area (Å²) < 4.78 is 34.8. The molecule has 0 aliphatic heterocycles. The molecule has 2 unspecified atom stereocenters. The van der Waals surface area contributed by atoms with Crippen LogP contribution in [0.15, 0.2) is 182 Å². The molecule has 0 saturated heterocycles. The van der Waals surface area contributed by atoms with E-state index in [2.05, 4.69) is 196 Å². The van der Waals surface area contributed by atoms with Gasteiger partial charge in [-0.25, -0.2) is 4.57 Å². The number of ether oxygens (including phenoxy) is 2. The number of phosphoric ester groups is 1. The first-order valence-corrected chi connectivity index (χ1v) is 41.0. The molecule has 1 N–H and O–H groups in total. The molecule has 0 bridgehead atoms. The maximum atomic E-state index is 12.9. The van der Waals surface area contributed by atoms with Gasteiger partial charge in [-0.2, -0.15) is 0 Å². The number of carbonyl (C=O) groups is 2. The van der Waals surface area contributed by atoms with Gasteiger partial charge >= 0.3 is 19.8 Å². The molecule has 0 aliphatic carbocycles. The average molecular weight is 1380 g/mol. The van der Waals surface area contributed by atoms with Gasteiger partial charge in [0.1, 0.15) is 19.8 Å². The monoisotopic (exact) mass is 1380 g/mol. The van der Waals surface area contributed by atoms with Crippen molar-refractivity contribution >= 4 is 19.8 Å². The van der Waals surface area contributed by atoms with Crippen LogP contribution in [0.1, 0.15) is 309 Å². The number of unbranched alkanes of at least 4 members (excludes halogenated alkanes) is 27. The van der Waals surface area contributed by atoms with E-state index in [-0.39, 0.29) is 32.0 Å². The summed E-state index contributed by atoms with van der Waals surface area (Å²) in [5.41, 5.74) is 0. The number of hydrogen-bond donors (Lipinski definition) is 1. The minimum Gasteiger partial charge on any atom is -0.462 e. The van der Waals surface area contributed by atoms with Gasteiger partial charge < -0.3 is 18.9 Å². The molecule has 9 nitrogen and oxygen atoms in total. The van der Waals surface area contributed by atoms with Crippen molar-refractivity contribution in [2.24, 2.45) is 0 Å². The minimum absolute atomic E-state index is 0.0188. The number of rotatable bonds is 71. The van der Waals surface area contributed by atoms with Gasteiger partial charge in [0, 0.05) is 12.8 Å².